The highest BCUT2D eigenvalue weighted by atomic mass is 16.5. The lowest BCUT2D eigenvalue weighted by atomic mass is 10.1. The Morgan fingerprint density at radius 3 is 2.75 bits per heavy atom. The van der Waals surface area contributed by atoms with Gasteiger partial charge in [0.05, 0.1) is 19.0 Å². The lowest BCUT2D eigenvalue weighted by Crippen LogP contribution is -2.14. The van der Waals surface area contributed by atoms with Crippen molar-refractivity contribution < 1.29 is 9.53 Å². The van der Waals surface area contributed by atoms with Crippen LogP contribution in [-0.2, 0) is 11.2 Å². The Labute approximate surface area is 143 Å². The number of amides is 1. The fourth-order valence-corrected chi connectivity index (χ4v) is 2.32. The number of nitrogens with one attached hydrogen (secondary N) is 2. The zero-order chi connectivity index (χ0) is 17.4. The van der Waals surface area contributed by atoms with Crippen LogP contribution < -0.4 is 15.4 Å². The molecule has 0 aliphatic carbocycles. The van der Waals surface area contributed by atoms with Crippen molar-refractivity contribution in [2.45, 2.75) is 26.7 Å². The predicted molar refractivity (Wildman–Crippen MR) is 97.5 cm³/mol. The zero-order valence-corrected chi connectivity index (χ0v) is 14.5. The Balaban J connectivity index is 1.80. The molecule has 0 saturated carbocycles. The molecule has 0 fully saturated rings. The first-order chi connectivity index (χ1) is 11.6. The minimum Gasteiger partial charge on any atom is -0.497 e. The van der Waals surface area contributed by atoms with E-state index in [1.54, 1.807) is 13.3 Å². The lowest BCUT2D eigenvalue weighted by molar-refractivity contribution is -0.116. The smallest absolute Gasteiger partial charge is 0.224 e. The molecule has 2 rings (SSSR count). The molecule has 24 heavy (non-hydrogen) atoms. The third-order valence-electron chi connectivity index (χ3n) is 3.49. The molecule has 1 heterocycles. The van der Waals surface area contributed by atoms with Crippen molar-refractivity contribution in [3.63, 3.8) is 0 Å². The summed E-state index contributed by atoms with van der Waals surface area (Å²) >= 11 is 0. The molecule has 0 saturated heterocycles. The Kier molecular flexibility index (Phi) is 6.61. The molecule has 0 aliphatic heterocycles. The van der Waals surface area contributed by atoms with Crippen molar-refractivity contribution in [3.8, 4) is 5.75 Å². The van der Waals surface area contributed by atoms with Gasteiger partial charge in [-0.2, -0.15) is 0 Å². The number of carbonyl (C=O) groups is 1. The SMILES string of the molecule is COc1cccc(CCNc2ccc(NC(=O)CC(C)C)cn2)c1. The second-order valence-corrected chi connectivity index (χ2v) is 6.11. The number of methoxy groups -OCH3 is 1. The number of pyridine rings is 1. The highest BCUT2D eigenvalue weighted by Gasteiger charge is 2.05. The maximum atomic E-state index is 11.7. The van der Waals surface area contributed by atoms with Gasteiger partial charge in [0.25, 0.3) is 0 Å². The van der Waals surface area contributed by atoms with Gasteiger partial charge in [0, 0.05) is 13.0 Å². The van der Waals surface area contributed by atoms with Gasteiger partial charge in [-0.1, -0.05) is 26.0 Å². The van der Waals surface area contributed by atoms with Crippen molar-refractivity contribution in [2.24, 2.45) is 5.92 Å². The lowest BCUT2D eigenvalue weighted by Gasteiger charge is -2.09. The largest absolute Gasteiger partial charge is 0.497 e. The summed E-state index contributed by atoms with van der Waals surface area (Å²) in [4.78, 5) is 16.0. The molecule has 1 amide bonds. The van der Waals surface area contributed by atoms with Crippen LogP contribution in [0.15, 0.2) is 42.6 Å². The average molecular weight is 327 g/mol. The van der Waals surface area contributed by atoms with E-state index < -0.39 is 0 Å². The summed E-state index contributed by atoms with van der Waals surface area (Å²) in [6.07, 6.45) is 3.07. The number of hydrogen-bond donors (Lipinski definition) is 2. The van der Waals surface area contributed by atoms with Crippen molar-refractivity contribution >= 4 is 17.4 Å². The summed E-state index contributed by atoms with van der Waals surface area (Å²) < 4.78 is 5.22. The fourth-order valence-electron chi connectivity index (χ4n) is 2.32. The van der Waals surface area contributed by atoms with E-state index in [-0.39, 0.29) is 5.91 Å². The Bertz CT molecular complexity index is 654. The van der Waals surface area contributed by atoms with Gasteiger partial charge in [0.1, 0.15) is 11.6 Å². The number of aromatic nitrogens is 1. The quantitative estimate of drug-likeness (QED) is 0.775. The van der Waals surface area contributed by atoms with Crippen LogP contribution in [-0.4, -0.2) is 24.5 Å². The summed E-state index contributed by atoms with van der Waals surface area (Å²) in [5.41, 5.74) is 1.93. The van der Waals surface area contributed by atoms with E-state index in [4.69, 9.17) is 4.74 Å². The highest BCUT2D eigenvalue weighted by molar-refractivity contribution is 5.90. The van der Waals surface area contributed by atoms with Gasteiger partial charge in [-0.3, -0.25) is 4.79 Å². The van der Waals surface area contributed by atoms with Crippen LogP contribution in [0.3, 0.4) is 0 Å². The van der Waals surface area contributed by atoms with Gasteiger partial charge in [-0.15, -0.1) is 0 Å². The van der Waals surface area contributed by atoms with Gasteiger partial charge in [-0.25, -0.2) is 4.98 Å². The predicted octanol–water partition coefficient (Wildman–Crippen LogP) is 3.73. The van der Waals surface area contributed by atoms with E-state index in [0.717, 1.165) is 30.2 Å². The number of nitrogens with zero attached hydrogens (tertiary/aromatic N) is 1. The number of ether oxygens (including phenoxy) is 1. The van der Waals surface area contributed by atoms with Crippen molar-refractivity contribution in [1.82, 2.24) is 4.98 Å². The van der Waals surface area contributed by atoms with Crippen LogP contribution in [0, 0.1) is 5.92 Å². The molecule has 1 aromatic carbocycles. The van der Waals surface area contributed by atoms with Gasteiger partial charge in [0.2, 0.25) is 5.91 Å². The monoisotopic (exact) mass is 327 g/mol. The highest BCUT2D eigenvalue weighted by Crippen LogP contribution is 2.14. The second-order valence-electron chi connectivity index (χ2n) is 6.11. The molecular weight excluding hydrogens is 302 g/mol. The third-order valence-corrected chi connectivity index (χ3v) is 3.49. The van der Waals surface area contributed by atoms with Crippen LogP contribution in [0.4, 0.5) is 11.5 Å². The number of rotatable bonds is 8. The van der Waals surface area contributed by atoms with Crippen LogP contribution in [0.1, 0.15) is 25.8 Å². The third kappa shape index (κ3) is 5.91. The van der Waals surface area contributed by atoms with Crippen LogP contribution in [0.5, 0.6) is 5.75 Å². The Morgan fingerprint density at radius 2 is 2.08 bits per heavy atom. The van der Waals surface area contributed by atoms with Gasteiger partial charge in [0.15, 0.2) is 0 Å². The summed E-state index contributed by atoms with van der Waals surface area (Å²) in [5.74, 6) is 2.02. The van der Waals surface area contributed by atoms with E-state index >= 15 is 0 Å². The first-order valence-electron chi connectivity index (χ1n) is 8.19. The van der Waals surface area contributed by atoms with E-state index in [9.17, 15) is 4.79 Å². The molecule has 0 atom stereocenters. The number of benzene rings is 1. The molecule has 5 heteroatoms. The van der Waals surface area contributed by atoms with Crippen molar-refractivity contribution in [3.05, 3.63) is 48.2 Å². The Hall–Kier alpha value is -2.56. The van der Waals surface area contributed by atoms with Crippen LogP contribution in [0.2, 0.25) is 0 Å². The molecule has 0 unspecified atom stereocenters. The van der Waals surface area contributed by atoms with Crippen molar-refractivity contribution in [1.29, 1.82) is 0 Å². The topological polar surface area (TPSA) is 63.2 Å². The molecule has 0 spiro atoms. The molecule has 0 aliphatic rings. The number of hydrogen-bond acceptors (Lipinski definition) is 4. The van der Waals surface area contributed by atoms with E-state index in [1.165, 1.54) is 5.56 Å². The summed E-state index contributed by atoms with van der Waals surface area (Å²) in [6.45, 7) is 4.82. The van der Waals surface area contributed by atoms with Gasteiger partial charge >= 0.3 is 0 Å². The molecule has 0 radical (unpaired) electrons. The molecule has 0 bridgehead atoms. The standard InChI is InChI=1S/C19H25N3O2/c1-14(2)11-19(23)22-16-7-8-18(21-13-16)20-10-9-15-5-4-6-17(12-15)24-3/h4-8,12-14H,9-11H2,1-3H3,(H,20,21)(H,22,23). The first kappa shape index (κ1) is 17.8. The maximum absolute atomic E-state index is 11.7. The molecule has 2 N–H and O–H groups in total. The average Bonchev–Trinajstić information content (AvgIpc) is 2.56. The normalized spacial score (nSPS) is 10.5. The van der Waals surface area contributed by atoms with Gasteiger partial charge < -0.3 is 15.4 Å². The van der Waals surface area contributed by atoms with Crippen LogP contribution in [0.25, 0.3) is 0 Å². The molecule has 5 nitrogen and oxygen atoms in total. The van der Waals surface area contributed by atoms with E-state index in [1.807, 2.05) is 44.2 Å². The summed E-state index contributed by atoms with van der Waals surface area (Å²) in [7, 11) is 1.67. The van der Waals surface area contributed by atoms with Crippen molar-refractivity contribution in [2.75, 3.05) is 24.3 Å². The first-order valence-corrected chi connectivity index (χ1v) is 8.19. The zero-order valence-electron chi connectivity index (χ0n) is 14.5. The van der Waals surface area contributed by atoms with Crippen LogP contribution >= 0.6 is 0 Å². The summed E-state index contributed by atoms with van der Waals surface area (Å²) in [5, 5.41) is 6.13. The molecule has 2 aromatic rings. The van der Waals surface area contributed by atoms with E-state index in [0.29, 0.717) is 12.3 Å². The Morgan fingerprint density at radius 1 is 1.25 bits per heavy atom. The minimum atomic E-state index is 0.0190. The number of anilines is 2. The minimum absolute atomic E-state index is 0.0190. The maximum Gasteiger partial charge on any atom is 0.224 e. The molecular formula is C19H25N3O2. The fraction of sp³-hybridized carbons (Fsp3) is 0.368. The molecule has 128 valence electrons. The van der Waals surface area contributed by atoms with E-state index in [2.05, 4.69) is 21.7 Å². The second kappa shape index (κ2) is 8.91. The summed E-state index contributed by atoms with van der Waals surface area (Å²) in [6, 6.07) is 11.8. The molecule has 1 aromatic heterocycles. The van der Waals surface area contributed by atoms with Gasteiger partial charge in [-0.05, 0) is 42.2 Å². The number of carbonyl (C=O) groups excluding carboxylic acids is 1.